The Kier molecular flexibility index (Phi) is 4.91. The van der Waals surface area contributed by atoms with Crippen LogP contribution in [-0.4, -0.2) is 35.3 Å². The van der Waals surface area contributed by atoms with Crippen molar-refractivity contribution in [2.45, 2.75) is 6.92 Å². The summed E-state index contributed by atoms with van der Waals surface area (Å²) in [5.74, 6) is 1.43. The molecule has 0 bridgehead atoms. The first-order chi connectivity index (χ1) is 14.2. The molecule has 2 heterocycles. The van der Waals surface area contributed by atoms with Crippen molar-refractivity contribution in [2.24, 2.45) is 0 Å². The molecule has 0 saturated heterocycles. The number of hydrogen-bond acceptors (Lipinski definition) is 6. The van der Waals surface area contributed by atoms with Gasteiger partial charge in [0.05, 0.1) is 5.52 Å². The number of nitrogens with one attached hydrogen (secondary N) is 3. The van der Waals surface area contributed by atoms with Crippen LogP contribution in [0.25, 0.3) is 33.4 Å². The van der Waals surface area contributed by atoms with Crippen LogP contribution in [0.15, 0.2) is 54.9 Å². The highest BCUT2D eigenvalue weighted by atomic mass is 15.0. The summed E-state index contributed by atoms with van der Waals surface area (Å²) in [5.41, 5.74) is 6.75. The molecule has 6 heteroatoms. The van der Waals surface area contributed by atoms with E-state index in [4.69, 9.17) is 10.4 Å². The summed E-state index contributed by atoms with van der Waals surface area (Å²) in [4.78, 5) is 13.7. The van der Waals surface area contributed by atoms with Gasteiger partial charge in [0, 0.05) is 54.9 Å². The van der Waals surface area contributed by atoms with Crippen molar-refractivity contribution in [3.8, 4) is 22.5 Å². The molecule has 3 N–H and O–H groups in total. The van der Waals surface area contributed by atoms with Gasteiger partial charge in [0.15, 0.2) is 5.82 Å². The van der Waals surface area contributed by atoms with E-state index in [0.717, 1.165) is 50.2 Å². The van der Waals surface area contributed by atoms with Gasteiger partial charge in [-0.05, 0) is 53.9 Å². The van der Waals surface area contributed by atoms with Crippen molar-refractivity contribution in [2.75, 3.05) is 24.7 Å². The van der Waals surface area contributed by atoms with Crippen LogP contribution < -0.4 is 10.6 Å². The Morgan fingerprint density at radius 3 is 2.52 bits per heavy atom. The van der Waals surface area contributed by atoms with Crippen molar-refractivity contribution in [1.29, 1.82) is 5.41 Å². The summed E-state index contributed by atoms with van der Waals surface area (Å²) >= 11 is 0. The molecule has 0 amide bonds. The smallest absolute Gasteiger partial charge is 0.163 e. The number of pyridine rings is 1. The molecule has 2 aromatic carbocycles. The third kappa shape index (κ3) is 3.29. The molecule has 0 aliphatic rings. The van der Waals surface area contributed by atoms with Crippen molar-refractivity contribution in [3.05, 3.63) is 66.0 Å². The molecule has 0 unspecified atom stereocenters. The number of aryl methyl sites for hydroxylation is 1. The zero-order valence-electron chi connectivity index (χ0n) is 16.6. The molecule has 4 rings (SSSR count). The molecule has 0 saturated carbocycles. The Morgan fingerprint density at radius 1 is 0.966 bits per heavy atom. The predicted octanol–water partition coefficient (Wildman–Crippen LogP) is 4.75. The van der Waals surface area contributed by atoms with Crippen molar-refractivity contribution < 1.29 is 0 Å². The van der Waals surface area contributed by atoms with Crippen LogP contribution in [0.3, 0.4) is 0 Å². The van der Waals surface area contributed by atoms with E-state index in [-0.39, 0.29) is 0 Å². The minimum atomic E-state index is 0.640. The van der Waals surface area contributed by atoms with E-state index in [9.17, 15) is 0 Å². The van der Waals surface area contributed by atoms with Crippen LogP contribution in [0.2, 0.25) is 0 Å². The molecule has 0 aliphatic heterocycles. The van der Waals surface area contributed by atoms with Crippen molar-refractivity contribution in [1.82, 2.24) is 15.0 Å². The second-order valence-corrected chi connectivity index (χ2v) is 6.72. The fraction of sp³-hybridized carbons (Fsp3) is 0.130. The molecule has 2 aromatic heterocycles. The molecular weight excluding hydrogens is 360 g/mol. The molecule has 0 spiro atoms. The number of fused-ring (bicyclic) bond motifs is 1. The average Bonchev–Trinajstić information content (AvgIpc) is 2.79. The SMILES string of the molecule is CNc1ccc(-c2ccc3c(NC)nc(-c4cccnc4)nc3c2C)cc1C=N. The number of rotatable bonds is 5. The standard InChI is InChI=1S/C23H22N6/c1-14-18(15-6-9-20(25-2)17(11-15)12-24)7-8-19-21(14)28-22(29-23(19)26-3)16-5-4-10-27-13-16/h4-13,24-25H,1-3H3,(H,26,28,29). The van der Waals surface area contributed by atoms with Crippen LogP contribution in [0, 0.1) is 12.3 Å². The highest BCUT2D eigenvalue weighted by molar-refractivity contribution is 5.97. The van der Waals surface area contributed by atoms with Gasteiger partial charge in [-0.2, -0.15) is 0 Å². The molecule has 0 radical (unpaired) electrons. The average molecular weight is 382 g/mol. The number of nitrogens with zero attached hydrogens (tertiary/aromatic N) is 3. The lowest BCUT2D eigenvalue weighted by Gasteiger charge is -2.14. The topological polar surface area (TPSA) is 86.6 Å². The van der Waals surface area contributed by atoms with Crippen LogP contribution in [-0.2, 0) is 0 Å². The number of hydrogen-bond donors (Lipinski definition) is 3. The Bertz CT molecular complexity index is 1200. The van der Waals surface area contributed by atoms with E-state index < -0.39 is 0 Å². The molecule has 29 heavy (non-hydrogen) atoms. The highest BCUT2D eigenvalue weighted by Crippen LogP contribution is 2.34. The number of aromatic nitrogens is 3. The van der Waals surface area contributed by atoms with Crippen LogP contribution in [0.5, 0.6) is 0 Å². The van der Waals surface area contributed by atoms with Gasteiger partial charge in [0.2, 0.25) is 0 Å². The molecule has 0 atom stereocenters. The molecule has 0 fully saturated rings. The monoisotopic (exact) mass is 382 g/mol. The maximum absolute atomic E-state index is 7.71. The van der Waals surface area contributed by atoms with Gasteiger partial charge in [0.1, 0.15) is 5.82 Å². The van der Waals surface area contributed by atoms with Crippen LogP contribution in [0.1, 0.15) is 11.1 Å². The van der Waals surface area contributed by atoms with Crippen LogP contribution in [0.4, 0.5) is 11.5 Å². The third-order valence-corrected chi connectivity index (χ3v) is 5.07. The van der Waals surface area contributed by atoms with Gasteiger partial charge in [-0.15, -0.1) is 0 Å². The van der Waals surface area contributed by atoms with Crippen LogP contribution >= 0.6 is 0 Å². The first kappa shape index (κ1) is 18.6. The van der Waals surface area contributed by atoms with Gasteiger partial charge in [-0.1, -0.05) is 12.1 Å². The first-order valence-corrected chi connectivity index (χ1v) is 9.38. The maximum atomic E-state index is 7.71. The van der Waals surface area contributed by atoms with Gasteiger partial charge in [0.25, 0.3) is 0 Å². The minimum absolute atomic E-state index is 0.640. The van der Waals surface area contributed by atoms with Gasteiger partial charge >= 0.3 is 0 Å². The normalized spacial score (nSPS) is 10.7. The fourth-order valence-electron chi connectivity index (χ4n) is 3.54. The third-order valence-electron chi connectivity index (χ3n) is 5.07. The summed E-state index contributed by atoms with van der Waals surface area (Å²) in [7, 11) is 3.73. The zero-order valence-corrected chi connectivity index (χ0v) is 16.6. The predicted molar refractivity (Wildman–Crippen MR) is 120 cm³/mol. The second-order valence-electron chi connectivity index (χ2n) is 6.72. The van der Waals surface area contributed by atoms with E-state index in [2.05, 4.69) is 39.7 Å². The maximum Gasteiger partial charge on any atom is 0.163 e. The molecular formula is C23H22N6. The summed E-state index contributed by atoms with van der Waals surface area (Å²) in [6, 6.07) is 14.1. The van der Waals surface area contributed by atoms with Gasteiger partial charge in [-0.25, -0.2) is 9.97 Å². The van der Waals surface area contributed by atoms with E-state index in [0.29, 0.717) is 5.82 Å². The largest absolute Gasteiger partial charge is 0.388 e. The number of anilines is 2. The Morgan fingerprint density at radius 2 is 1.83 bits per heavy atom. The molecule has 0 aliphatic carbocycles. The Labute approximate surface area is 169 Å². The Hall–Kier alpha value is -3.80. The van der Waals surface area contributed by atoms with Gasteiger partial charge < -0.3 is 16.0 Å². The van der Waals surface area contributed by atoms with E-state index in [1.54, 1.807) is 12.4 Å². The van der Waals surface area contributed by atoms with E-state index >= 15 is 0 Å². The minimum Gasteiger partial charge on any atom is -0.388 e. The first-order valence-electron chi connectivity index (χ1n) is 9.38. The zero-order chi connectivity index (χ0) is 20.4. The quantitative estimate of drug-likeness (QED) is 0.434. The van der Waals surface area contributed by atoms with Crippen molar-refractivity contribution >= 4 is 28.6 Å². The van der Waals surface area contributed by atoms with Crippen molar-refractivity contribution in [3.63, 3.8) is 0 Å². The molecule has 4 aromatic rings. The Balaban J connectivity index is 1.94. The summed E-state index contributed by atoms with van der Waals surface area (Å²) in [5, 5.41) is 15.0. The summed E-state index contributed by atoms with van der Waals surface area (Å²) in [6.07, 6.45) is 4.88. The van der Waals surface area contributed by atoms with Gasteiger partial charge in [-0.3, -0.25) is 4.98 Å². The highest BCUT2D eigenvalue weighted by Gasteiger charge is 2.14. The lowest BCUT2D eigenvalue weighted by atomic mass is 9.96. The summed E-state index contributed by atoms with van der Waals surface area (Å²) < 4.78 is 0. The summed E-state index contributed by atoms with van der Waals surface area (Å²) in [6.45, 7) is 2.08. The lowest BCUT2D eigenvalue weighted by Crippen LogP contribution is -2.01. The molecule has 144 valence electrons. The molecule has 6 nitrogen and oxygen atoms in total. The van der Waals surface area contributed by atoms with E-state index in [1.165, 1.54) is 6.21 Å². The lowest BCUT2D eigenvalue weighted by molar-refractivity contribution is 1.19. The number of benzene rings is 2. The fourth-order valence-corrected chi connectivity index (χ4v) is 3.54. The second kappa shape index (κ2) is 7.67. The van der Waals surface area contributed by atoms with E-state index in [1.807, 2.05) is 44.4 Å².